The van der Waals surface area contributed by atoms with Crippen molar-refractivity contribution in [3.63, 3.8) is 0 Å². The van der Waals surface area contributed by atoms with Crippen molar-refractivity contribution in [2.45, 2.75) is 19.1 Å². The van der Waals surface area contributed by atoms with Crippen LogP contribution in [0.5, 0.6) is 0 Å². The Labute approximate surface area is 211 Å². The molecule has 2 aromatic carbocycles. The first-order valence-electron chi connectivity index (χ1n) is 10.8. The quantitative estimate of drug-likeness (QED) is 0.276. The number of rotatable bonds is 7. The Kier molecular flexibility index (Phi) is 8.53. The van der Waals surface area contributed by atoms with Crippen molar-refractivity contribution in [3.8, 4) is 0 Å². The molecule has 0 saturated heterocycles. The van der Waals surface area contributed by atoms with Crippen molar-refractivity contribution in [2.75, 3.05) is 38.0 Å². The fourth-order valence-electron chi connectivity index (χ4n) is 3.53. The minimum atomic E-state index is -4.61. The number of hydrogen-bond acceptors (Lipinski definition) is 5. The van der Waals surface area contributed by atoms with Crippen LogP contribution in [-0.4, -0.2) is 49.4 Å². The molecule has 1 unspecified atom stereocenters. The van der Waals surface area contributed by atoms with Crippen molar-refractivity contribution < 1.29 is 32.2 Å². The van der Waals surface area contributed by atoms with E-state index in [2.05, 4.69) is 16.0 Å². The summed E-state index contributed by atoms with van der Waals surface area (Å²) in [5, 5.41) is 8.25. The topological polar surface area (TPSA) is 91.9 Å². The maximum absolute atomic E-state index is 13.2. The number of alkyl halides is 3. The number of halogens is 3. The number of allylic oxidation sites excluding steroid dienone is 1. The second kappa shape index (κ2) is 11.4. The van der Waals surface area contributed by atoms with Gasteiger partial charge in [0, 0.05) is 25.5 Å². The van der Waals surface area contributed by atoms with Crippen molar-refractivity contribution in [2.24, 2.45) is 0 Å². The number of ether oxygens (including phenoxy) is 2. The second-order valence-electron chi connectivity index (χ2n) is 7.81. The highest BCUT2D eigenvalue weighted by atomic mass is 32.1. The van der Waals surface area contributed by atoms with Gasteiger partial charge in [0.2, 0.25) is 0 Å². The summed E-state index contributed by atoms with van der Waals surface area (Å²) in [5.74, 6) is -0.527. The molecule has 36 heavy (non-hydrogen) atoms. The van der Waals surface area contributed by atoms with Gasteiger partial charge in [-0.2, -0.15) is 13.2 Å². The molecular formula is C24H25F3N4O4S. The van der Waals surface area contributed by atoms with Crippen LogP contribution in [0.4, 0.5) is 29.3 Å². The lowest BCUT2D eigenvalue weighted by atomic mass is 9.95. The Hall–Kier alpha value is -3.64. The number of esters is 1. The summed E-state index contributed by atoms with van der Waals surface area (Å²) in [4.78, 5) is 26.8. The SMILES string of the molecule is COCCOC(=O)C1=C(C)N(C)C(=S)NC1c1ccc(NC(=O)Nc2ccccc2C(F)(F)F)cc1. The minimum Gasteiger partial charge on any atom is -0.460 e. The molecule has 0 spiro atoms. The Morgan fingerprint density at radius 1 is 1.08 bits per heavy atom. The molecule has 3 N–H and O–H groups in total. The van der Waals surface area contributed by atoms with Gasteiger partial charge in [-0.05, 0) is 49.0 Å². The first-order valence-corrected chi connectivity index (χ1v) is 11.2. The number of methoxy groups -OCH3 is 1. The van der Waals surface area contributed by atoms with E-state index in [-0.39, 0.29) is 18.9 Å². The Balaban J connectivity index is 1.76. The zero-order valence-electron chi connectivity index (χ0n) is 19.7. The lowest BCUT2D eigenvalue weighted by Gasteiger charge is -2.35. The van der Waals surface area contributed by atoms with Crippen LogP contribution in [0.3, 0.4) is 0 Å². The van der Waals surface area contributed by atoms with Crippen LogP contribution < -0.4 is 16.0 Å². The van der Waals surface area contributed by atoms with Crippen molar-refractivity contribution in [1.82, 2.24) is 10.2 Å². The molecule has 3 rings (SSSR count). The number of nitrogens with zero attached hydrogens (tertiary/aromatic N) is 1. The van der Waals surface area contributed by atoms with Crippen LogP contribution in [0.15, 0.2) is 59.8 Å². The molecule has 0 bridgehead atoms. The lowest BCUT2D eigenvalue weighted by Crippen LogP contribution is -2.46. The molecular weight excluding hydrogens is 497 g/mol. The third kappa shape index (κ3) is 6.32. The van der Waals surface area contributed by atoms with Gasteiger partial charge in [-0.1, -0.05) is 24.3 Å². The van der Waals surface area contributed by atoms with E-state index in [9.17, 15) is 22.8 Å². The summed E-state index contributed by atoms with van der Waals surface area (Å²) in [6.45, 7) is 2.09. The smallest absolute Gasteiger partial charge is 0.418 e. The fourth-order valence-corrected chi connectivity index (χ4v) is 3.78. The third-order valence-corrected chi connectivity index (χ3v) is 5.87. The molecule has 2 aromatic rings. The summed E-state index contributed by atoms with van der Waals surface area (Å²) >= 11 is 5.37. The average molecular weight is 523 g/mol. The summed E-state index contributed by atoms with van der Waals surface area (Å²) < 4.78 is 49.7. The first kappa shape index (κ1) is 27.0. The Morgan fingerprint density at radius 3 is 2.39 bits per heavy atom. The highest BCUT2D eigenvalue weighted by molar-refractivity contribution is 7.80. The predicted molar refractivity (Wildman–Crippen MR) is 132 cm³/mol. The van der Waals surface area contributed by atoms with E-state index in [1.54, 1.807) is 43.1 Å². The number of anilines is 2. The van der Waals surface area contributed by atoms with Crippen LogP contribution >= 0.6 is 12.2 Å². The second-order valence-corrected chi connectivity index (χ2v) is 8.20. The van der Waals surface area contributed by atoms with Gasteiger partial charge in [-0.25, -0.2) is 9.59 Å². The number of urea groups is 1. The fraction of sp³-hybridized carbons (Fsp3) is 0.292. The number of thiocarbonyl (C=S) groups is 1. The van der Waals surface area contributed by atoms with Crippen LogP contribution in [0, 0.1) is 0 Å². The van der Waals surface area contributed by atoms with Gasteiger partial charge < -0.3 is 30.3 Å². The molecule has 192 valence electrons. The lowest BCUT2D eigenvalue weighted by molar-refractivity contribution is -0.141. The molecule has 0 aliphatic carbocycles. The number of para-hydroxylation sites is 1. The van der Waals surface area contributed by atoms with E-state index in [1.807, 2.05) is 0 Å². The standard InChI is InChI=1S/C24H25F3N4O4S/c1-14-19(21(32)35-13-12-34-3)20(30-23(36)31(14)2)15-8-10-16(11-9-15)28-22(33)29-18-7-5-4-6-17(18)24(25,26)27/h4-11,20H,12-13H2,1-3H3,(H,30,36)(H2,28,29,33). The van der Waals surface area contributed by atoms with Gasteiger partial charge in [-0.15, -0.1) is 0 Å². The van der Waals surface area contributed by atoms with Crippen molar-refractivity contribution >= 4 is 40.7 Å². The summed E-state index contributed by atoms with van der Waals surface area (Å²) in [7, 11) is 3.23. The van der Waals surface area contributed by atoms with Crippen LogP contribution in [0.1, 0.15) is 24.1 Å². The van der Waals surface area contributed by atoms with E-state index in [0.717, 1.165) is 6.07 Å². The minimum absolute atomic E-state index is 0.0857. The highest BCUT2D eigenvalue weighted by Crippen LogP contribution is 2.35. The van der Waals surface area contributed by atoms with Gasteiger partial charge in [-0.3, -0.25) is 0 Å². The van der Waals surface area contributed by atoms with E-state index >= 15 is 0 Å². The number of hydrogen-bond donors (Lipinski definition) is 3. The maximum atomic E-state index is 13.2. The number of amides is 2. The van der Waals surface area contributed by atoms with Gasteiger partial charge in [0.1, 0.15) is 6.61 Å². The highest BCUT2D eigenvalue weighted by Gasteiger charge is 2.34. The molecule has 8 nitrogen and oxygen atoms in total. The Bertz CT molecular complexity index is 1170. The summed E-state index contributed by atoms with van der Waals surface area (Å²) in [6.07, 6.45) is -4.61. The van der Waals surface area contributed by atoms with E-state index in [1.165, 1.54) is 25.3 Å². The van der Waals surface area contributed by atoms with Crippen LogP contribution in [-0.2, 0) is 20.4 Å². The first-order chi connectivity index (χ1) is 17.0. The third-order valence-electron chi connectivity index (χ3n) is 5.48. The van der Waals surface area contributed by atoms with Gasteiger partial charge in [0.15, 0.2) is 5.11 Å². The molecule has 1 heterocycles. The van der Waals surface area contributed by atoms with Crippen molar-refractivity contribution in [3.05, 3.63) is 70.9 Å². The number of carbonyl (C=O) groups excluding carboxylic acids is 2. The van der Waals surface area contributed by atoms with Gasteiger partial charge in [0.05, 0.1) is 29.5 Å². The average Bonchev–Trinajstić information content (AvgIpc) is 2.82. The van der Waals surface area contributed by atoms with Crippen LogP contribution in [0.2, 0.25) is 0 Å². The van der Waals surface area contributed by atoms with Crippen LogP contribution in [0.25, 0.3) is 0 Å². The summed E-state index contributed by atoms with van der Waals surface area (Å²) in [6, 6.07) is 9.71. The van der Waals surface area contributed by atoms with E-state index < -0.39 is 29.8 Å². The predicted octanol–water partition coefficient (Wildman–Crippen LogP) is 4.67. The zero-order valence-corrected chi connectivity index (χ0v) is 20.5. The molecule has 0 saturated carbocycles. The summed E-state index contributed by atoms with van der Waals surface area (Å²) in [5.41, 5.74) is 0.672. The zero-order chi connectivity index (χ0) is 26.5. The van der Waals surface area contributed by atoms with Gasteiger partial charge in [0.25, 0.3) is 0 Å². The monoisotopic (exact) mass is 522 g/mol. The molecule has 1 aliphatic rings. The number of benzene rings is 2. The molecule has 0 fully saturated rings. The van der Waals surface area contributed by atoms with E-state index in [0.29, 0.717) is 27.6 Å². The Morgan fingerprint density at radius 2 is 1.75 bits per heavy atom. The largest absolute Gasteiger partial charge is 0.460 e. The molecule has 2 amide bonds. The number of carbonyl (C=O) groups is 2. The molecule has 0 aromatic heterocycles. The number of nitrogens with one attached hydrogen (secondary N) is 3. The van der Waals surface area contributed by atoms with E-state index in [4.69, 9.17) is 21.7 Å². The molecule has 1 aliphatic heterocycles. The maximum Gasteiger partial charge on any atom is 0.418 e. The van der Waals surface area contributed by atoms with Gasteiger partial charge >= 0.3 is 18.2 Å². The van der Waals surface area contributed by atoms with Crippen molar-refractivity contribution in [1.29, 1.82) is 0 Å². The molecule has 0 radical (unpaired) electrons. The normalized spacial score (nSPS) is 15.9. The molecule has 1 atom stereocenters. The molecule has 12 heteroatoms.